The molecule has 0 saturated heterocycles. The molecule has 0 fully saturated rings. The van der Waals surface area contributed by atoms with Crippen molar-refractivity contribution >= 4 is 33.9 Å². The summed E-state index contributed by atoms with van der Waals surface area (Å²) in [5.74, 6) is -0.501. The number of allylic oxidation sites excluding steroid dienone is 3. The smallest absolute Gasteiger partial charge is 0.337 e. The highest BCUT2D eigenvalue weighted by Crippen LogP contribution is 2.24. The van der Waals surface area contributed by atoms with Crippen LogP contribution in [0, 0.1) is 0 Å². The van der Waals surface area contributed by atoms with E-state index in [0.717, 1.165) is 26.6 Å². The van der Waals surface area contributed by atoms with Crippen molar-refractivity contribution in [2.45, 2.75) is 13.8 Å². The summed E-state index contributed by atoms with van der Waals surface area (Å²) in [6.07, 6.45) is 6.66. The van der Waals surface area contributed by atoms with E-state index in [-0.39, 0.29) is 5.57 Å². The number of ether oxygens (including phenoxy) is 1. The van der Waals surface area contributed by atoms with Crippen LogP contribution < -0.4 is 4.73 Å². The summed E-state index contributed by atoms with van der Waals surface area (Å²) in [5, 5.41) is 12.3. The van der Waals surface area contributed by atoms with Crippen molar-refractivity contribution in [1.29, 1.82) is 0 Å². The highest BCUT2D eigenvalue weighted by Gasteiger charge is 2.19. The Balaban J connectivity index is 2.51. The number of esters is 1. The van der Waals surface area contributed by atoms with E-state index in [4.69, 9.17) is 11.6 Å². The summed E-state index contributed by atoms with van der Waals surface area (Å²) in [7, 11) is 1.30. The number of hydrogen-bond acceptors (Lipinski definition) is 4. The molecular formula is C18H18ClN2O3+. The number of carbonyl (C=O) groups excluding carboxylic acids is 1. The molecule has 0 aromatic carbocycles. The van der Waals surface area contributed by atoms with E-state index in [9.17, 15) is 10.0 Å². The maximum Gasteiger partial charge on any atom is 0.337 e. The van der Waals surface area contributed by atoms with Gasteiger partial charge in [-0.15, -0.1) is 0 Å². The predicted octanol–water partition coefficient (Wildman–Crippen LogP) is 3.49. The summed E-state index contributed by atoms with van der Waals surface area (Å²) in [4.78, 5) is 15.6. The monoisotopic (exact) mass is 345 g/mol. The first-order valence-corrected chi connectivity index (χ1v) is 7.58. The summed E-state index contributed by atoms with van der Waals surface area (Å²) in [6, 6.07) is 3.47. The van der Waals surface area contributed by atoms with Gasteiger partial charge in [-0.1, -0.05) is 24.3 Å². The molecule has 6 heteroatoms. The molecule has 0 radical (unpaired) electrons. The topological polar surface area (TPSA) is 63.3 Å². The van der Waals surface area contributed by atoms with Gasteiger partial charge in [-0.05, 0) is 31.6 Å². The zero-order valence-electron chi connectivity index (χ0n) is 13.7. The zero-order chi connectivity index (χ0) is 17.9. The quantitative estimate of drug-likeness (QED) is 0.230. The van der Waals surface area contributed by atoms with Crippen LogP contribution in [-0.2, 0) is 9.53 Å². The van der Waals surface area contributed by atoms with Gasteiger partial charge >= 0.3 is 5.97 Å². The van der Waals surface area contributed by atoms with Gasteiger partial charge in [-0.25, -0.2) is 9.78 Å². The maximum atomic E-state index is 11.5. The second-order valence-corrected chi connectivity index (χ2v) is 5.57. The van der Waals surface area contributed by atoms with E-state index < -0.39 is 5.97 Å². The fourth-order valence-electron chi connectivity index (χ4n) is 2.41. The van der Waals surface area contributed by atoms with Crippen LogP contribution in [-0.4, -0.2) is 23.3 Å². The second kappa shape index (κ2) is 7.27. The van der Waals surface area contributed by atoms with E-state index in [1.165, 1.54) is 7.11 Å². The molecule has 0 saturated carbocycles. The fraction of sp³-hybridized carbons (Fsp3) is 0.167. The molecule has 0 spiro atoms. The largest absolute Gasteiger partial charge is 0.465 e. The van der Waals surface area contributed by atoms with Gasteiger partial charge in [0, 0.05) is 28.0 Å². The zero-order valence-corrected chi connectivity index (χ0v) is 14.5. The minimum atomic E-state index is -0.501. The standard InChI is InChI=1S/C18H18ClN2O3/c1-5-15(11(2)6-12(3)18(22)24-4)16-7-13-9-20-17(19)8-14(13)10-21(16)23/h5-10,23H,3H2,1-2,4H3/q+1/b11-6-,15-5+. The van der Waals surface area contributed by atoms with Crippen molar-refractivity contribution in [3.05, 3.63) is 65.3 Å². The van der Waals surface area contributed by atoms with Crippen molar-refractivity contribution in [3.63, 3.8) is 0 Å². The van der Waals surface area contributed by atoms with Crippen molar-refractivity contribution in [2.24, 2.45) is 0 Å². The molecule has 2 aromatic heterocycles. The second-order valence-electron chi connectivity index (χ2n) is 5.19. The number of hydrogen-bond donors (Lipinski definition) is 1. The lowest BCUT2D eigenvalue weighted by Crippen LogP contribution is -2.34. The number of methoxy groups -OCH3 is 1. The normalized spacial score (nSPS) is 12.3. The molecule has 0 amide bonds. The predicted molar refractivity (Wildman–Crippen MR) is 92.7 cm³/mol. The average Bonchev–Trinajstić information content (AvgIpc) is 2.55. The lowest BCUT2D eigenvalue weighted by Gasteiger charge is -2.06. The number of aromatic nitrogens is 2. The summed E-state index contributed by atoms with van der Waals surface area (Å²) in [5.41, 5.74) is 2.30. The summed E-state index contributed by atoms with van der Waals surface area (Å²) < 4.78 is 5.67. The molecule has 2 rings (SSSR count). The van der Waals surface area contributed by atoms with Gasteiger partial charge in [-0.2, -0.15) is 0 Å². The first-order valence-electron chi connectivity index (χ1n) is 7.20. The Morgan fingerprint density at radius 1 is 1.42 bits per heavy atom. The molecule has 24 heavy (non-hydrogen) atoms. The third kappa shape index (κ3) is 3.63. The number of halogens is 1. The molecule has 1 N–H and O–H groups in total. The molecule has 0 unspecified atom stereocenters. The van der Waals surface area contributed by atoms with Crippen LogP contribution in [0.25, 0.3) is 16.3 Å². The van der Waals surface area contributed by atoms with E-state index in [1.54, 1.807) is 30.6 Å². The molecule has 2 aromatic rings. The van der Waals surface area contributed by atoms with Gasteiger partial charge < -0.3 is 4.74 Å². The van der Waals surface area contributed by atoms with Crippen LogP contribution in [0.1, 0.15) is 19.5 Å². The summed E-state index contributed by atoms with van der Waals surface area (Å²) >= 11 is 5.88. The number of carbonyl (C=O) groups is 1. The third-order valence-corrected chi connectivity index (χ3v) is 3.77. The molecular weight excluding hydrogens is 328 g/mol. The molecule has 0 bridgehead atoms. The number of rotatable bonds is 4. The average molecular weight is 346 g/mol. The number of fused-ring (bicyclic) bond motifs is 1. The first kappa shape index (κ1) is 17.7. The maximum absolute atomic E-state index is 11.5. The van der Waals surface area contributed by atoms with Crippen LogP contribution in [0.15, 0.2) is 54.4 Å². The lowest BCUT2D eigenvalue weighted by atomic mass is 10.00. The van der Waals surface area contributed by atoms with Crippen LogP contribution >= 0.6 is 11.6 Å². The van der Waals surface area contributed by atoms with Gasteiger partial charge in [-0.3, -0.25) is 5.21 Å². The Bertz CT molecular complexity index is 885. The van der Waals surface area contributed by atoms with Crippen LogP contribution in [0.4, 0.5) is 0 Å². The van der Waals surface area contributed by atoms with Crippen LogP contribution in [0.5, 0.6) is 0 Å². The van der Waals surface area contributed by atoms with E-state index >= 15 is 0 Å². The van der Waals surface area contributed by atoms with E-state index in [2.05, 4.69) is 16.3 Å². The minimum Gasteiger partial charge on any atom is -0.465 e. The van der Waals surface area contributed by atoms with Gasteiger partial charge in [0.05, 0.1) is 18.1 Å². The molecule has 0 aliphatic heterocycles. The molecule has 0 aliphatic carbocycles. The van der Waals surface area contributed by atoms with E-state index in [1.807, 2.05) is 19.9 Å². The number of nitrogens with zero attached hydrogens (tertiary/aromatic N) is 2. The Labute approximate surface area is 145 Å². The number of pyridine rings is 2. The first-order chi connectivity index (χ1) is 11.4. The van der Waals surface area contributed by atoms with Gasteiger partial charge in [0.2, 0.25) is 6.20 Å². The Hall–Kier alpha value is -2.66. The van der Waals surface area contributed by atoms with E-state index in [0.29, 0.717) is 10.8 Å². The molecule has 5 nitrogen and oxygen atoms in total. The lowest BCUT2D eigenvalue weighted by molar-refractivity contribution is -0.905. The Morgan fingerprint density at radius 2 is 2.12 bits per heavy atom. The SMILES string of the molecule is C=C(/C=C(C)\C(=C/C)c1cc2cnc(Cl)cc2c[n+]1O)C(=O)OC. The molecule has 2 heterocycles. The van der Waals surface area contributed by atoms with Crippen LogP contribution in [0.3, 0.4) is 0 Å². The van der Waals surface area contributed by atoms with Crippen molar-refractivity contribution in [2.75, 3.05) is 7.11 Å². The van der Waals surface area contributed by atoms with Crippen molar-refractivity contribution in [1.82, 2.24) is 4.98 Å². The van der Waals surface area contributed by atoms with Crippen molar-refractivity contribution in [3.8, 4) is 0 Å². The highest BCUT2D eigenvalue weighted by atomic mass is 35.5. The van der Waals surface area contributed by atoms with Crippen LogP contribution in [0.2, 0.25) is 5.15 Å². The summed E-state index contributed by atoms with van der Waals surface area (Å²) in [6.45, 7) is 7.36. The Morgan fingerprint density at radius 3 is 2.75 bits per heavy atom. The minimum absolute atomic E-state index is 0.230. The Kier molecular flexibility index (Phi) is 5.36. The molecule has 124 valence electrons. The fourth-order valence-corrected chi connectivity index (χ4v) is 2.58. The highest BCUT2D eigenvalue weighted by molar-refractivity contribution is 6.30. The molecule has 0 aliphatic rings. The molecule has 0 atom stereocenters. The third-order valence-electron chi connectivity index (χ3n) is 3.56. The van der Waals surface area contributed by atoms with Gasteiger partial charge in [0.1, 0.15) is 5.15 Å². The van der Waals surface area contributed by atoms with Gasteiger partial charge in [0.15, 0.2) is 0 Å². The van der Waals surface area contributed by atoms with Gasteiger partial charge in [0.25, 0.3) is 5.69 Å². The van der Waals surface area contributed by atoms with Crippen molar-refractivity contribution < 1.29 is 19.5 Å².